The highest BCUT2D eigenvalue weighted by Gasteiger charge is 2.24. The van der Waals surface area contributed by atoms with Gasteiger partial charge in [-0.1, -0.05) is 30.3 Å². The van der Waals surface area contributed by atoms with Crippen LogP contribution in [0.3, 0.4) is 0 Å². The molecule has 1 aromatic rings. The van der Waals surface area contributed by atoms with E-state index in [-0.39, 0.29) is 0 Å². The highest BCUT2D eigenvalue weighted by molar-refractivity contribution is 5.78. The molecule has 3 rings (SSSR count). The van der Waals surface area contributed by atoms with Crippen LogP contribution in [0.15, 0.2) is 30.3 Å². The first kappa shape index (κ1) is 15.5. The third-order valence-electron chi connectivity index (χ3n) is 4.80. The lowest BCUT2D eigenvalue weighted by Crippen LogP contribution is -2.47. The van der Waals surface area contributed by atoms with Gasteiger partial charge in [-0.05, 0) is 30.7 Å². The van der Waals surface area contributed by atoms with Crippen molar-refractivity contribution in [3.05, 3.63) is 35.9 Å². The smallest absolute Gasteiger partial charge is 0.236 e. The van der Waals surface area contributed by atoms with Gasteiger partial charge in [0.25, 0.3) is 0 Å². The number of amides is 1. The molecule has 2 heterocycles. The minimum absolute atomic E-state index is 0.292. The van der Waals surface area contributed by atoms with Crippen molar-refractivity contribution in [2.24, 2.45) is 5.92 Å². The summed E-state index contributed by atoms with van der Waals surface area (Å²) < 4.78 is 5.33. The predicted octanol–water partition coefficient (Wildman–Crippen LogP) is 1.80. The van der Waals surface area contributed by atoms with Gasteiger partial charge in [-0.25, -0.2) is 0 Å². The molecule has 0 atom stereocenters. The molecule has 120 valence electrons. The summed E-state index contributed by atoms with van der Waals surface area (Å²) in [6, 6.07) is 10.7. The number of piperidine rings is 1. The van der Waals surface area contributed by atoms with Crippen LogP contribution in [0, 0.1) is 5.92 Å². The van der Waals surface area contributed by atoms with Crippen LogP contribution >= 0.6 is 0 Å². The molecule has 22 heavy (non-hydrogen) atoms. The topological polar surface area (TPSA) is 32.8 Å². The van der Waals surface area contributed by atoms with Crippen LogP contribution in [-0.4, -0.2) is 61.6 Å². The number of carbonyl (C=O) groups excluding carboxylic acids is 1. The van der Waals surface area contributed by atoms with E-state index in [1.807, 2.05) is 0 Å². The lowest BCUT2D eigenvalue weighted by atomic mass is 9.90. The molecule has 0 radical (unpaired) electrons. The maximum absolute atomic E-state index is 12.4. The van der Waals surface area contributed by atoms with E-state index in [1.165, 1.54) is 5.56 Å². The fraction of sp³-hybridized carbons (Fsp3) is 0.611. The molecule has 0 saturated carbocycles. The summed E-state index contributed by atoms with van der Waals surface area (Å²) in [5.41, 5.74) is 1.42. The zero-order valence-corrected chi connectivity index (χ0v) is 13.2. The van der Waals surface area contributed by atoms with E-state index in [4.69, 9.17) is 4.74 Å². The molecule has 4 nitrogen and oxygen atoms in total. The molecule has 4 heteroatoms. The molecular weight excluding hydrogens is 276 g/mol. The van der Waals surface area contributed by atoms with Gasteiger partial charge in [-0.2, -0.15) is 0 Å². The Morgan fingerprint density at radius 1 is 1.05 bits per heavy atom. The maximum atomic E-state index is 12.4. The van der Waals surface area contributed by atoms with E-state index in [2.05, 4.69) is 40.1 Å². The summed E-state index contributed by atoms with van der Waals surface area (Å²) in [5, 5.41) is 0. The Labute approximate surface area is 133 Å². The van der Waals surface area contributed by atoms with Crippen molar-refractivity contribution in [1.29, 1.82) is 0 Å². The molecule has 2 aliphatic rings. The molecule has 1 aromatic carbocycles. The first-order valence-electron chi connectivity index (χ1n) is 8.43. The number of hydrogen-bond acceptors (Lipinski definition) is 3. The summed E-state index contributed by atoms with van der Waals surface area (Å²) in [6.07, 6.45) is 3.40. The molecule has 2 aliphatic heterocycles. The van der Waals surface area contributed by atoms with Crippen molar-refractivity contribution < 1.29 is 9.53 Å². The highest BCUT2D eigenvalue weighted by atomic mass is 16.5. The number of morpholine rings is 1. The molecule has 0 spiro atoms. The third kappa shape index (κ3) is 4.31. The molecule has 2 saturated heterocycles. The van der Waals surface area contributed by atoms with Crippen LogP contribution in [0.4, 0.5) is 0 Å². The SMILES string of the molecule is O=C(CN1CCOCC1)N1CCC(Cc2ccccc2)CC1. The van der Waals surface area contributed by atoms with Gasteiger partial charge in [0.05, 0.1) is 19.8 Å². The first-order valence-corrected chi connectivity index (χ1v) is 8.43. The largest absolute Gasteiger partial charge is 0.379 e. The van der Waals surface area contributed by atoms with Gasteiger partial charge in [-0.3, -0.25) is 9.69 Å². The quantitative estimate of drug-likeness (QED) is 0.850. The van der Waals surface area contributed by atoms with Crippen LogP contribution in [0.25, 0.3) is 0 Å². The molecule has 0 unspecified atom stereocenters. The zero-order valence-electron chi connectivity index (χ0n) is 13.2. The zero-order chi connectivity index (χ0) is 15.2. The Morgan fingerprint density at radius 2 is 1.73 bits per heavy atom. The van der Waals surface area contributed by atoms with Crippen LogP contribution in [-0.2, 0) is 16.0 Å². The maximum Gasteiger partial charge on any atom is 0.236 e. The van der Waals surface area contributed by atoms with Crippen molar-refractivity contribution in [2.75, 3.05) is 45.9 Å². The fourth-order valence-corrected chi connectivity index (χ4v) is 3.38. The van der Waals surface area contributed by atoms with Gasteiger partial charge in [0.1, 0.15) is 0 Å². The van der Waals surface area contributed by atoms with Crippen LogP contribution in [0.2, 0.25) is 0 Å². The lowest BCUT2D eigenvalue weighted by molar-refractivity contribution is -0.134. The van der Waals surface area contributed by atoms with E-state index in [1.54, 1.807) is 0 Å². The van der Waals surface area contributed by atoms with Gasteiger partial charge < -0.3 is 9.64 Å². The van der Waals surface area contributed by atoms with Crippen molar-refractivity contribution in [2.45, 2.75) is 19.3 Å². The molecule has 0 N–H and O–H groups in total. The van der Waals surface area contributed by atoms with E-state index in [0.29, 0.717) is 12.5 Å². The van der Waals surface area contributed by atoms with E-state index in [9.17, 15) is 4.79 Å². The Balaban J connectivity index is 1.42. The van der Waals surface area contributed by atoms with Crippen molar-refractivity contribution in [3.8, 4) is 0 Å². The minimum atomic E-state index is 0.292. The first-order chi connectivity index (χ1) is 10.8. The molecule has 2 fully saturated rings. The summed E-state index contributed by atoms with van der Waals surface area (Å²) >= 11 is 0. The van der Waals surface area contributed by atoms with Gasteiger partial charge in [0, 0.05) is 26.2 Å². The minimum Gasteiger partial charge on any atom is -0.379 e. The monoisotopic (exact) mass is 302 g/mol. The number of ether oxygens (including phenoxy) is 1. The van der Waals surface area contributed by atoms with Crippen molar-refractivity contribution in [1.82, 2.24) is 9.80 Å². The Morgan fingerprint density at radius 3 is 2.41 bits per heavy atom. The molecular formula is C18H26N2O2. The molecule has 0 aromatic heterocycles. The van der Waals surface area contributed by atoms with E-state index in [0.717, 1.165) is 64.6 Å². The number of rotatable bonds is 4. The van der Waals surface area contributed by atoms with E-state index < -0.39 is 0 Å². The number of likely N-dealkylation sites (tertiary alicyclic amines) is 1. The summed E-state index contributed by atoms with van der Waals surface area (Å²) in [5.74, 6) is 1.01. The Kier molecular flexibility index (Phi) is 5.46. The van der Waals surface area contributed by atoms with Gasteiger partial charge in [0.2, 0.25) is 5.91 Å². The van der Waals surface area contributed by atoms with Crippen molar-refractivity contribution in [3.63, 3.8) is 0 Å². The van der Waals surface area contributed by atoms with Crippen LogP contribution in [0.1, 0.15) is 18.4 Å². The number of hydrogen-bond donors (Lipinski definition) is 0. The van der Waals surface area contributed by atoms with Crippen LogP contribution in [0.5, 0.6) is 0 Å². The van der Waals surface area contributed by atoms with Gasteiger partial charge >= 0.3 is 0 Å². The number of carbonyl (C=O) groups is 1. The molecule has 0 bridgehead atoms. The van der Waals surface area contributed by atoms with Crippen LogP contribution < -0.4 is 0 Å². The molecule has 0 aliphatic carbocycles. The number of nitrogens with zero attached hydrogens (tertiary/aromatic N) is 2. The summed E-state index contributed by atoms with van der Waals surface area (Å²) in [6.45, 7) is 5.68. The van der Waals surface area contributed by atoms with Gasteiger partial charge in [-0.15, -0.1) is 0 Å². The highest BCUT2D eigenvalue weighted by Crippen LogP contribution is 2.21. The van der Waals surface area contributed by atoms with Crippen molar-refractivity contribution >= 4 is 5.91 Å². The number of benzene rings is 1. The second kappa shape index (κ2) is 7.75. The second-order valence-corrected chi connectivity index (χ2v) is 6.40. The Bertz CT molecular complexity index is 463. The average molecular weight is 302 g/mol. The average Bonchev–Trinajstić information content (AvgIpc) is 2.57. The van der Waals surface area contributed by atoms with Gasteiger partial charge in [0.15, 0.2) is 0 Å². The lowest BCUT2D eigenvalue weighted by Gasteiger charge is -2.34. The third-order valence-corrected chi connectivity index (χ3v) is 4.80. The normalized spacial score (nSPS) is 21.0. The standard InChI is InChI=1S/C18H26N2O2/c21-18(15-19-10-12-22-13-11-19)20-8-6-17(7-9-20)14-16-4-2-1-3-5-16/h1-5,17H,6-15H2. The van der Waals surface area contributed by atoms with E-state index >= 15 is 0 Å². The molecule has 1 amide bonds. The summed E-state index contributed by atoms with van der Waals surface area (Å²) in [7, 11) is 0. The Hall–Kier alpha value is -1.39. The second-order valence-electron chi connectivity index (χ2n) is 6.40. The fourth-order valence-electron chi connectivity index (χ4n) is 3.38. The summed E-state index contributed by atoms with van der Waals surface area (Å²) in [4.78, 5) is 16.6. The predicted molar refractivity (Wildman–Crippen MR) is 86.7 cm³/mol.